The molecular weight excluding hydrogens is 270 g/mol. The lowest BCUT2D eigenvalue weighted by atomic mass is 10.2. The highest BCUT2D eigenvalue weighted by atomic mass is 79.9. The van der Waals surface area contributed by atoms with Crippen LogP contribution in [0.1, 0.15) is 6.92 Å². The van der Waals surface area contributed by atoms with Gasteiger partial charge >= 0.3 is 0 Å². The summed E-state index contributed by atoms with van der Waals surface area (Å²) in [5.41, 5.74) is 0.787. The minimum absolute atomic E-state index is 0.104. The maximum absolute atomic E-state index is 11.9. The van der Waals surface area contributed by atoms with Gasteiger partial charge in [0, 0.05) is 16.9 Å². The lowest BCUT2D eigenvalue weighted by Crippen LogP contribution is -2.19. The minimum atomic E-state index is -0.104. The van der Waals surface area contributed by atoms with Gasteiger partial charge in [-0.25, -0.2) is 0 Å². The molecule has 0 fully saturated rings. The topological polar surface area (TPSA) is 31.2 Å². The molecule has 0 radical (unpaired) electrons. The Labute approximate surface area is 102 Å². The van der Waals surface area contributed by atoms with Gasteiger partial charge in [-0.1, -0.05) is 22.0 Å². The molecule has 0 bridgehead atoms. The first-order chi connectivity index (χ1) is 7.63. The largest absolute Gasteiger partial charge is 0.488 e. The molecule has 1 aromatic carbocycles. The summed E-state index contributed by atoms with van der Waals surface area (Å²) in [6.07, 6.45) is 0. The highest BCUT2D eigenvalue weighted by molar-refractivity contribution is 9.10. The average molecular weight is 282 g/mol. The Kier molecular flexibility index (Phi) is 3.01. The third-order valence-corrected chi connectivity index (χ3v) is 2.95. The van der Waals surface area contributed by atoms with E-state index in [1.165, 1.54) is 0 Å². The molecule has 0 unspecified atom stereocenters. The van der Waals surface area contributed by atoms with Crippen LogP contribution in [-0.4, -0.2) is 11.2 Å². The van der Waals surface area contributed by atoms with E-state index in [9.17, 15) is 4.79 Å². The molecule has 0 aliphatic heterocycles. The van der Waals surface area contributed by atoms with Gasteiger partial charge in [0.2, 0.25) is 0 Å². The van der Waals surface area contributed by atoms with E-state index < -0.39 is 0 Å². The molecule has 0 saturated carbocycles. The van der Waals surface area contributed by atoms with Crippen molar-refractivity contribution < 1.29 is 4.74 Å². The number of aryl methyl sites for hydroxylation is 1. The van der Waals surface area contributed by atoms with Crippen LogP contribution in [0.25, 0.3) is 10.9 Å². The van der Waals surface area contributed by atoms with Crippen LogP contribution in [-0.2, 0) is 7.05 Å². The van der Waals surface area contributed by atoms with Gasteiger partial charge in [0.1, 0.15) is 0 Å². The molecule has 0 N–H and O–H groups in total. The zero-order valence-electron chi connectivity index (χ0n) is 9.16. The monoisotopic (exact) mass is 281 g/mol. The number of benzene rings is 1. The summed E-state index contributed by atoms with van der Waals surface area (Å²) in [4.78, 5) is 11.9. The first-order valence-electron chi connectivity index (χ1n) is 5.05. The number of nitrogens with zero attached hydrogens (tertiary/aromatic N) is 1. The van der Waals surface area contributed by atoms with Gasteiger partial charge in [0.05, 0.1) is 12.1 Å². The van der Waals surface area contributed by atoms with E-state index in [-0.39, 0.29) is 5.56 Å². The number of ether oxygens (including phenoxy) is 1. The summed E-state index contributed by atoms with van der Waals surface area (Å²) in [7, 11) is 1.75. The fourth-order valence-corrected chi connectivity index (χ4v) is 2.01. The van der Waals surface area contributed by atoms with Gasteiger partial charge in [0.15, 0.2) is 5.75 Å². The third-order valence-electron chi connectivity index (χ3n) is 2.46. The summed E-state index contributed by atoms with van der Waals surface area (Å²) in [6.45, 7) is 2.36. The quantitative estimate of drug-likeness (QED) is 0.848. The highest BCUT2D eigenvalue weighted by Crippen LogP contribution is 2.20. The Morgan fingerprint density at radius 2 is 2.12 bits per heavy atom. The zero-order chi connectivity index (χ0) is 11.7. The molecule has 1 aromatic heterocycles. The summed E-state index contributed by atoms with van der Waals surface area (Å²) >= 11 is 3.39. The normalized spacial score (nSPS) is 10.7. The molecule has 3 nitrogen and oxygen atoms in total. The predicted octanol–water partition coefficient (Wildman–Crippen LogP) is 2.70. The van der Waals surface area contributed by atoms with Crippen LogP contribution < -0.4 is 10.3 Å². The lowest BCUT2D eigenvalue weighted by Gasteiger charge is -2.09. The van der Waals surface area contributed by atoms with Crippen LogP contribution >= 0.6 is 15.9 Å². The minimum Gasteiger partial charge on any atom is -0.488 e. The van der Waals surface area contributed by atoms with Gasteiger partial charge < -0.3 is 9.30 Å². The van der Waals surface area contributed by atoms with Crippen molar-refractivity contribution >= 4 is 26.8 Å². The van der Waals surface area contributed by atoms with E-state index in [4.69, 9.17) is 4.74 Å². The molecule has 0 aliphatic carbocycles. The van der Waals surface area contributed by atoms with Gasteiger partial charge in [-0.05, 0) is 25.1 Å². The van der Waals surface area contributed by atoms with Crippen molar-refractivity contribution in [2.45, 2.75) is 6.92 Å². The van der Waals surface area contributed by atoms with Crippen molar-refractivity contribution in [3.05, 3.63) is 39.1 Å². The molecule has 1 heterocycles. The van der Waals surface area contributed by atoms with Gasteiger partial charge in [-0.2, -0.15) is 0 Å². The molecule has 0 atom stereocenters. The standard InChI is InChI=1S/C12H12BrNO2/c1-3-16-11-6-8-4-5-9(13)7-10(8)14(2)12(11)15/h4-7H,3H2,1-2H3. The van der Waals surface area contributed by atoms with E-state index in [0.29, 0.717) is 12.4 Å². The van der Waals surface area contributed by atoms with Crippen molar-refractivity contribution in [3.8, 4) is 5.75 Å². The summed E-state index contributed by atoms with van der Waals surface area (Å²) in [6, 6.07) is 7.62. The first-order valence-corrected chi connectivity index (χ1v) is 5.85. The fraction of sp³-hybridized carbons (Fsp3) is 0.250. The van der Waals surface area contributed by atoms with Crippen LogP contribution in [0.3, 0.4) is 0 Å². The smallest absolute Gasteiger partial charge is 0.293 e. The zero-order valence-corrected chi connectivity index (χ0v) is 10.7. The van der Waals surface area contributed by atoms with E-state index in [2.05, 4.69) is 15.9 Å². The SMILES string of the molecule is CCOc1cc2ccc(Br)cc2n(C)c1=O. The van der Waals surface area contributed by atoms with Crippen LogP contribution in [0.15, 0.2) is 33.5 Å². The van der Waals surface area contributed by atoms with Crippen molar-refractivity contribution in [1.29, 1.82) is 0 Å². The Bertz CT molecular complexity index is 589. The molecule has 0 spiro atoms. The maximum Gasteiger partial charge on any atom is 0.293 e. The van der Waals surface area contributed by atoms with Crippen LogP contribution in [0.2, 0.25) is 0 Å². The van der Waals surface area contributed by atoms with Crippen molar-refractivity contribution in [1.82, 2.24) is 4.57 Å². The number of halogens is 1. The van der Waals surface area contributed by atoms with E-state index in [1.807, 2.05) is 25.1 Å². The summed E-state index contributed by atoms with van der Waals surface area (Å²) in [5.74, 6) is 0.403. The molecular formula is C12H12BrNO2. The number of pyridine rings is 1. The highest BCUT2D eigenvalue weighted by Gasteiger charge is 2.07. The molecule has 16 heavy (non-hydrogen) atoms. The van der Waals surface area contributed by atoms with E-state index in [0.717, 1.165) is 15.4 Å². The number of hydrogen-bond acceptors (Lipinski definition) is 2. The number of hydrogen-bond donors (Lipinski definition) is 0. The van der Waals surface area contributed by atoms with Gasteiger partial charge in [-0.15, -0.1) is 0 Å². The van der Waals surface area contributed by atoms with E-state index >= 15 is 0 Å². The number of rotatable bonds is 2. The lowest BCUT2D eigenvalue weighted by molar-refractivity contribution is 0.334. The second-order valence-electron chi connectivity index (χ2n) is 3.51. The number of fused-ring (bicyclic) bond motifs is 1. The van der Waals surface area contributed by atoms with Crippen molar-refractivity contribution in [2.24, 2.45) is 7.05 Å². The Balaban J connectivity index is 2.78. The second-order valence-corrected chi connectivity index (χ2v) is 4.42. The Morgan fingerprint density at radius 1 is 1.38 bits per heavy atom. The van der Waals surface area contributed by atoms with Gasteiger partial charge in [0.25, 0.3) is 5.56 Å². The summed E-state index contributed by atoms with van der Waals surface area (Å²) in [5, 5.41) is 0.994. The Morgan fingerprint density at radius 3 is 2.81 bits per heavy atom. The third kappa shape index (κ3) is 1.85. The molecule has 0 aliphatic rings. The molecule has 4 heteroatoms. The fourth-order valence-electron chi connectivity index (χ4n) is 1.67. The number of aromatic nitrogens is 1. The van der Waals surface area contributed by atoms with Crippen molar-refractivity contribution in [3.63, 3.8) is 0 Å². The van der Waals surface area contributed by atoms with Crippen LogP contribution in [0.5, 0.6) is 5.75 Å². The molecule has 0 amide bonds. The second kappa shape index (κ2) is 4.29. The maximum atomic E-state index is 11.9. The van der Waals surface area contributed by atoms with E-state index in [1.54, 1.807) is 17.7 Å². The molecule has 2 aromatic rings. The molecule has 0 saturated heterocycles. The molecule has 2 rings (SSSR count). The van der Waals surface area contributed by atoms with Gasteiger partial charge in [-0.3, -0.25) is 4.79 Å². The van der Waals surface area contributed by atoms with Crippen molar-refractivity contribution in [2.75, 3.05) is 6.61 Å². The van der Waals surface area contributed by atoms with Crippen LogP contribution in [0, 0.1) is 0 Å². The molecule has 84 valence electrons. The van der Waals surface area contributed by atoms with Crippen LogP contribution in [0.4, 0.5) is 0 Å². The summed E-state index contributed by atoms with van der Waals surface area (Å²) < 4.78 is 7.87. The first kappa shape index (κ1) is 11.2. The predicted molar refractivity (Wildman–Crippen MR) is 68.1 cm³/mol. The Hall–Kier alpha value is -1.29. The average Bonchev–Trinajstić information content (AvgIpc) is 2.27.